The molecule has 3 heteroatoms. The largest absolute Gasteiger partial charge is 0.483 e. The van der Waals surface area contributed by atoms with Gasteiger partial charge in [0.1, 0.15) is 0 Å². The third-order valence-corrected chi connectivity index (χ3v) is 0.537. The van der Waals surface area contributed by atoms with Crippen molar-refractivity contribution in [3.05, 3.63) is 12.3 Å². The van der Waals surface area contributed by atoms with Crippen molar-refractivity contribution in [2.75, 3.05) is 6.61 Å². The predicted molar refractivity (Wildman–Crippen MR) is 34.9 cm³/mol. The second-order valence-electron chi connectivity index (χ2n) is 1.15. The van der Waals surface area contributed by atoms with E-state index >= 15 is 0 Å². The van der Waals surface area contributed by atoms with Crippen LogP contribution in [0, 0.1) is 11.3 Å². The van der Waals surface area contributed by atoms with Crippen LogP contribution in [0.4, 0.5) is 0 Å². The van der Waals surface area contributed by atoms with Crippen molar-refractivity contribution >= 4 is 6.40 Å². The van der Waals surface area contributed by atoms with Crippen LogP contribution in [0.25, 0.3) is 0 Å². The van der Waals surface area contributed by atoms with E-state index in [1.54, 1.807) is 6.07 Å². The lowest BCUT2D eigenvalue weighted by atomic mass is 10.7. The number of aliphatic imine (C=N–C) groups is 1. The molecule has 0 aromatic carbocycles. The van der Waals surface area contributed by atoms with Crippen LogP contribution in [0.3, 0.4) is 0 Å². The summed E-state index contributed by atoms with van der Waals surface area (Å²) < 4.78 is 4.73. The molecule has 0 rings (SSSR count). The molecule has 0 radical (unpaired) electrons. The lowest BCUT2D eigenvalue weighted by Crippen LogP contribution is -1.82. The highest BCUT2D eigenvalue weighted by atomic mass is 16.5. The van der Waals surface area contributed by atoms with Gasteiger partial charge in [-0.25, -0.2) is 4.99 Å². The van der Waals surface area contributed by atoms with E-state index in [-0.39, 0.29) is 0 Å². The maximum absolute atomic E-state index is 7.97. The lowest BCUT2D eigenvalue weighted by molar-refractivity contribution is 0.344. The Morgan fingerprint density at radius 3 is 3.11 bits per heavy atom. The topological polar surface area (TPSA) is 45.4 Å². The first-order chi connectivity index (χ1) is 4.41. The normalized spacial score (nSPS) is 10.2. The zero-order chi connectivity index (χ0) is 6.95. The Bertz CT molecular complexity index is 144. The molecule has 48 valence electrons. The molecule has 0 aliphatic heterocycles. The minimum Gasteiger partial charge on any atom is -0.483 e. The molecule has 0 aromatic heterocycles. The maximum Gasteiger partial charge on any atom is 0.173 e. The summed E-state index contributed by atoms with van der Waals surface area (Å²) in [4.78, 5) is 3.60. The molecule has 0 bridgehead atoms. The van der Waals surface area contributed by atoms with Gasteiger partial charge in [-0.3, -0.25) is 0 Å². The summed E-state index contributed by atoms with van der Waals surface area (Å²) in [7, 11) is 0. The number of hydrogen-bond acceptors (Lipinski definition) is 3. The molecule has 0 aromatic rings. The number of nitrogens with zero attached hydrogens (tertiary/aromatic N) is 2. The summed E-state index contributed by atoms with van der Waals surface area (Å²) in [6.07, 6.45) is 3.94. The average molecular weight is 124 g/mol. The third-order valence-electron chi connectivity index (χ3n) is 0.537. The van der Waals surface area contributed by atoms with Gasteiger partial charge in [-0.15, -0.1) is 0 Å². The van der Waals surface area contributed by atoms with Crippen molar-refractivity contribution < 1.29 is 4.74 Å². The van der Waals surface area contributed by atoms with Crippen molar-refractivity contribution in [3.8, 4) is 6.07 Å². The minimum absolute atomic E-state index is 0.601. The molecule has 0 saturated heterocycles. The Morgan fingerprint density at radius 1 is 1.78 bits per heavy atom. The maximum atomic E-state index is 7.97. The molecular formula is C6H8N2O. The number of rotatable bonds is 3. The van der Waals surface area contributed by atoms with Gasteiger partial charge in [0, 0.05) is 12.3 Å². The number of hydrogen-bond donors (Lipinski definition) is 0. The van der Waals surface area contributed by atoms with Crippen LogP contribution in [-0.2, 0) is 4.74 Å². The number of ether oxygens (including phenoxy) is 1. The number of nitriles is 1. The van der Waals surface area contributed by atoms with E-state index < -0.39 is 0 Å². The zero-order valence-corrected chi connectivity index (χ0v) is 5.24. The van der Waals surface area contributed by atoms with E-state index in [1.165, 1.54) is 18.7 Å². The van der Waals surface area contributed by atoms with Crippen LogP contribution < -0.4 is 0 Å². The van der Waals surface area contributed by atoms with Gasteiger partial charge in [-0.2, -0.15) is 5.26 Å². The molecule has 0 spiro atoms. The van der Waals surface area contributed by atoms with Gasteiger partial charge in [-0.05, 0) is 6.92 Å². The molecule has 0 heterocycles. The Balaban J connectivity index is 3.27. The molecule has 9 heavy (non-hydrogen) atoms. The van der Waals surface area contributed by atoms with Crippen LogP contribution >= 0.6 is 0 Å². The monoisotopic (exact) mass is 124 g/mol. The standard InChI is InChI=1S/C6H8N2O/c1-2-9-6-8-5-3-4-7/h3,5-6H,2H2,1H3. The third kappa shape index (κ3) is 6.70. The first-order valence-electron chi connectivity index (χ1n) is 2.59. The van der Waals surface area contributed by atoms with Gasteiger partial charge >= 0.3 is 0 Å². The Labute approximate surface area is 54.3 Å². The molecule has 0 aliphatic rings. The summed E-state index contributed by atoms with van der Waals surface area (Å²) >= 11 is 0. The van der Waals surface area contributed by atoms with Crippen molar-refractivity contribution in [3.63, 3.8) is 0 Å². The van der Waals surface area contributed by atoms with E-state index in [2.05, 4.69) is 4.99 Å². The first kappa shape index (κ1) is 7.70. The number of allylic oxidation sites excluding steroid dienone is 1. The highest BCUT2D eigenvalue weighted by Gasteiger charge is 1.65. The fourth-order valence-corrected chi connectivity index (χ4v) is 0.229. The smallest absolute Gasteiger partial charge is 0.173 e. The average Bonchev–Trinajstić information content (AvgIpc) is 1.89. The second kappa shape index (κ2) is 6.70. The van der Waals surface area contributed by atoms with Crippen LogP contribution in [0.15, 0.2) is 17.3 Å². The summed E-state index contributed by atoms with van der Waals surface area (Å²) in [5.41, 5.74) is 0. The highest BCUT2D eigenvalue weighted by Crippen LogP contribution is 1.71. The second-order valence-corrected chi connectivity index (χ2v) is 1.15. The molecular weight excluding hydrogens is 116 g/mol. The van der Waals surface area contributed by atoms with Crippen LogP contribution in [0.2, 0.25) is 0 Å². The van der Waals surface area contributed by atoms with Gasteiger partial charge in [0.15, 0.2) is 6.40 Å². The van der Waals surface area contributed by atoms with E-state index in [0.717, 1.165) is 0 Å². The molecule has 0 unspecified atom stereocenters. The molecule has 0 amide bonds. The Morgan fingerprint density at radius 2 is 2.56 bits per heavy atom. The van der Waals surface area contributed by atoms with E-state index in [9.17, 15) is 0 Å². The van der Waals surface area contributed by atoms with Crippen molar-refractivity contribution in [2.24, 2.45) is 4.99 Å². The van der Waals surface area contributed by atoms with E-state index in [4.69, 9.17) is 10.00 Å². The highest BCUT2D eigenvalue weighted by molar-refractivity contribution is 5.47. The van der Waals surface area contributed by atoms with Gasteiger partial charge in [0.25, 0.3) is 0 Å². The van der Waals surface area contributed by atoms with Crippen molar-refractivity contribution in [1.29, 1.82) is 5.26 Å². The predicted octanol–water partition coefficient (Wildman–Crippen LogP) is 1.09. The molecule has 3 nitrogen and oxygen atoms in total. The quantitative estimate of drug-likeness (QED) is 0.321. The molecule has 0 atom stereocenters. The lowest BCUT2D eigenvalue weighted by Gasteiger charge is -1.86. The van der Waals surface area contributed by atoms with E-state index in [1.807, 2.05) is 6.92 Å². The first-order valence-corrected chi connectivity index (χ1v) is 2.59. The van der Waals surface area contributed by atoms with Gasteiger partial charge in [0.2, 0.25) is 0 Å². The summed E-state index contributed by atoms with van der Waals surface area (Å²) in [5.74, 6) is 0. The van der Waals surface area contributed by atoms with Crippen LogP contribution in [0.1, 0.15) is 6.92 Å². The summed E-state index contributed by atoms with van der Waals surface area (Å²) in [5, 5.41) is 7.97. The fraction of sp³-hybridized carbons (Fsp3) is 0.333. The van der Waals surface area contributed by atoms with E-state index in [0.29, 0.717) is 6.61 Å². The summed E-state index contributed by atoms with van der Waals surface area (Å²) in [6, 6.07) is 1.79. The molecule has 0 aliphatic carbocycles. The van der Waals surface area contributed by atoms with Crippen LogP contribution in [-0.4, -0.2) is 13.0 Å². The minimum atomic E-state index is 0.601. The molecule has 0 N–H and O–H groups in total. The van der Waals surface area contributed by atoms with Crippen molar-refractivity contribution in [2.45, 2.75) is 6.92 Å². The summed E-state index contributed by atoms with van der Waals surface area (Å²) in [6.45, 7) is 2.46. The van der Waals surface area contributed by atoms with Gasteiger partial charge in [0.05, 0.1) is 12.7 Å². The molecule has 0 saturated carbocycles. The van der Waals surface area contributed by atoms with Gasteiger partial charge in [-0.1, -0.05) is 0 Å². The SMILES string of the molecule is CCOC=NC=CC#N. The van der Waals surface area contributed by atoms with Crippen molar-refractivity contribution in [1.82, 2.24) is 0 Å². The molecule has 0 fully saturated rings. The fourth-order valence-electron chi connectivity index (χ4n) is 0.229. The van der Waals surface area contributed by atoms with Gasteiger partial charge < -0.3 is 4.74 Å². The Kier molecular flexibility index (Phi) is 5.73. The zero-order valence-electron chi connectivity index (χ0n) is 5.24. The Hall–Kier alpha value is -1.30. The van der Waals surface area contributed by atoms with Crippen LogP contribution in [0.5, 0.6) is 0 Å².